The number of likely N-dealkylation sites (N-methyl/N-ethyl adjacent to an activating group) is 1. The van der Waals surface area contributed by atoms with E-state index in [1.807, 2.05) is 18.2 Å². The molecule has 7 nitrogen and oxygen atoms in total. The molecule has 0 spiro atoms. The first kappa shape index (κ1) is 27.1. The predicted molar refractivity (Wildman–Crippen MR) is 149 cm³/mol. The maximum absolute atomic E-state index is 12.7. The van der Waals surface area contributed by atoms with Gasteiger partial charge in [0.2, 0.25) is 5.91 Å². The maximum atomic E-state index is 12.7. The van der Waals surface area contributed by atoms with Gasteiger partial charge in [-0.05, 0) is 42.8 Å². The van der Waals surface area contributed by atoms with Gasteiger partial charge in [-0.15, -0.1) is 0 Å². The largest absolute Gasteiger partial charge is 0.365 e. The van der Waals surface area contributed by atoms with Crippen molar-refractivity contribution in [3.05, 3.63) is 91.0 Å². The molecule has 36 heavy (non-hydrogen) atoms. The van der Waals surface area contributed by atoms with Crippen molar-refractivity contribution in [3.8, 4) is 0 Å². The van der Waals surface area contributed by atoms with E-state index in [0.717, 1.165) is 12.6 Å². The van der Waals surface area contributed by atoms with E-state index in [4.69, 9.17) is 16.9 Å². The van der Waals surface area contributed by atoms with Gasteiger partial charge in [-0.25, -0.2) is 5.41 Å². The number of primary amides is 1. The zero-order chi connectivity index (χ0) is 26.0. The maximum Gasteiger partial charge on any atom is 0.292 e. The van der Waals surface area contributed by atoms with Crippen molar-refractivity contribution in [2.75, 3.05) is 32.8 Å². The number of amides is 2. The number of guanidine groups is 1. The van der Waals surface area contributed by atoms with Crippen LogP contribution < -0.4 is 32.7 Å². The second-order valence-corrected chi connectivity index (χ2v) is 12.7. The van der Waals surface area contributed by atoms with Gasteiger partial charge < -0.3 is 16.8 Å². The first-order valence-electron chi connectivity index (χ1n) is 12.1. The topological polar surface area (TPSA) is 122 Å². The van der Waals surface area contributed by atoms with Crippen LogP contribution in [0.2, 0.25) is 0 Å². The average molecular weight is 506 g/mol. The third-order valence-corrected chi connectivity index (χ3v) is 11.0. The molecule has 0 radical (unpaired) electrons. The molecule has 0 heterocycles. The molecule has 0 saturated heterocycles. The normalized spacial score (nSPS) is 12.9. The summed E-state index contributed by atoms with van der Waals surface area (Å²) in [7, 11) is -0.306. The number of nitrogens with one attached hydrogen (secondary N) is 2. The molecule has 3 aromatic rings. The lowest BCUT2D eigenvalue weighted by atomic mass is 10.3. The Morgan fingerprint density at radius 3 is 1.67 bits per heavy atom. The van der Waals surface area contributed by atoms with E-state index in [2.05, 4.69) is 78.1 Å². The zero-order valence-electron chi connectivity index (χ0n) is 20.8. The number of quaternary nitrogens is 1. The lowest BCUT2D eigenvalue weighted by Gasteiger charge is -2.30. The summed E-state index contributed by atoms with van der Waals surface area (Å²) in [5, 5.41) is 14.6. The number of carbonyl (C=O) groups excluding carboxylic acids is 2. The molecule has 1 unspecified atom stereocenters. The van der Waals surface area contributed by atoms with Gasteiger partial charge in [0.05, 0.1) is 19.8 Å². The Hall–Kier alpha value is -3.54. The third kappa shape index (κ3) is 6.56. The minimum absolute atomic E-state index is 0.0588. The molecule has 2 amide bonds. The molecule has 1 atom stereocenters. The lowest BCUT2D eigenvalue weighted by molar-refractivity contribution is -0.813. The summed E-state index contributed by atoms with van der Waals surface area (Å²) >= 11 is 0. The monoisotopic (exact) mass is 505 g/mol. The van der Waals surface area contributed by atoms with Crippen molar-refractivity contribution in [2.24, 2.45) is 11.5 Å². The minimum Gasteiger partial charge on any atom is -0.365 e. The van der Waals surface area contributed by atoms with Crippen LogP contribution in [0.25, 0.3) is 0 Å². The van der Waals surface area contributed by atoms with E-state index in [9.17, 15) is 9.59 Å². The van der Waals surface area contributed by atoms with Gasteiger partial charge in [-0.1, -0.05) is 54.6 Å². The molecule has 0 aliphatic rings. The number of carbonyl (C=O) groups is 2. The average Bonchev–Trinajstić information content (AvgIpc) is 2.88. The highest BCUT2D eigenvalue weighted by Crippen LogP contribution is 2.55. The van der Waals surface area contributed by atoms with Crippen molar-refractivity contribution < 1.29 is 14.1 Å². The summed E-state index contributed by atoms with van der Waals surface area (Å²) in [5.41, 5.74) is 11.0. The fraction of sp³-hybridized carbons (Fsp3) is 0.250. The molecule has 3 rings (SSSR count). The molecule has 6 N–H and O–H groups in total. The molecule has 188 valence electrons. The van der Waals surface area contributed by atoms with Gasteiger partial charge in [0.1, 0.15) is 29.7 Å². The van der Waals surface area contributed by atoms with Crippen LogP contribution in [0.15, 0.2) is 91.0 Å². The van der Waals surface area contributed by atoms with Crippen molar-refractivity contribution in [1.82, 2.24) is 5.32 Å². The Balaban J connectivity index is 1.75. The Morgan fingerprint density at radius 1 is 0.833 bits per heavy atom. The molecule has 8 heteroatoms. The Bertz CT molecular complexity index is 1060. The van der Waals surface area contributed by atoms with Crippen LogP contribution in [0.4, 0.5) is 0 Å². The second kappa shape index (κ2) is 12.4. The molecule has 0 aliphatic heterocycles. The van der Waals surface area contributed by atoms with Crippen LogP contribution in [0.3, 0.4) is 0 Å². The first-order valence-corrected chi connectivity index (χ1v) is 14.0. The van der Waals surface area contributed by atoms with Gasteiger partial charge in [-0.3, -0.25) is 14.1 Å². The third-order valence-electron chi connectivity index (χ3n) is 6.50. The summed E-state index contributed by atoms with van der Waals surface area (Å²) in [5.74, 6) is -0.759. The van der Waals surface area contributed by atoms with Gasteiger partial charge >= 0.3 is 0 Å². The molecular weight excluding hydrogens is 469 g/mol. The summed E-state index contributed by atoms with van der Waals surface area (Å²) in [6.07, 6.45) is 1.97. The highest BCUT2D eigenvalue weighted by Gasteiger charge is 2.44. The Labute approximate surface area is 213 Å². The molecule has 0 fully saturated rings. The number of hydrogen-bond donors (Lipinski definition) is 4. The highest BCUT2D eigenvalue weighted by molar-refractivity contribution is 7.95. The van der Waals surface area contributed by atoms with Gasteiger partial charge in [0, 0.05) is 6.42 Å². The first-order chi connectivity index (χ1) is 17.3. The van der Waals surface area contributed by atoms with Crippen molar-refractivity contribution in [3.63, 3.8) is 0 Å². The van der Waals surface area contributed by atoms with E-state index in [1.54, 1.807) is 7.05 Å². The van der Waals surface area contributed by atoms with E-state index in [1.165, 1.54) is 15.9 Å². The number of benzene rings is 3. The van der Waals surface area contributed by atoms with E-state index < -0.39 is 13.2 Å². The number of hydrogen-bond acceptors (Lipinski definition) is 3. The van der Waals surface area contributed by atoms with Gasteiger partial charge in [0.25, 0.3) is 11.9 Å². The van der Waals surface area contributed by atoms with Crippen LogP contribution in [0, 0.1) is 5.41 Å². The molecule has 0 aromatic heterocycles. The standard InChI is InChI=1S/C28H34N5O2P/c1-33(28(30)31,22-26(29)34)20-19-32-27(35)18-11-21-36(23-12-5-2-6-13-23,24-14-7-3-8-15-24)25-16-9-4-10-17-25/h2-10,12-17H,11,18-22H2,1H3,(H4-2,29,30,31,32,34,35)/p+2. The van der Waals surface area contributed by atoms with Gasteiger partial charge in [0.15, 0.2) is 6.54 Å². The summed E-state index contributed by atoms with van der Waals surface area (Å²) in [6, 6.07) is 31.8. The summed E-state index contributed by atoms with van der Waals surface area (Å²) < 4.78 is -0.125. The minimum atomic E-state index is -1.97. The molecule has 0 bridgehead atoms. The molecule has 0 aliphatic carbocycles. The van der Waals surface area contributed by atoms with Gasteiger partial charge in [-0.2, -0.15) is 0 Å². The molecular formula is C28H36N5O2P+2. The SMILES string of the molecule is C[N+](CCNC(=O)CCC[P+](c1ccccc1)(c1ccccc1)c1ccccc1)(CC(N)=O)C(=N)N. The molecule has 3 aromatic carbocycles. The number of rotatable bonds is 12. The van der Waals surface area contributed by atoms with Crippen LogP contribution in [0.5, 0.6) is 0 Å². The van der Waals surface area contributed by atoms with Crippen molar-refractivity contribution >= 4 is 41.0 Å². The number of nitrogens with zero attached hydrogens (tertiary/aromatic N) is 1. The zero-order valence-corrected chi connectivity index (χ0v) is 21.7. The quantitative estimate of drug-likeness (QED) is 0.130. The van der Waals surface area contributed by atoms with Crippen LogP contribution >= 0.6 is 7.26 Å². The van der Waals surface area contributed by atoms with Crippen LogP contribution in [0.1, 0.15) is 12.8 Å². The summed E-state index contributed by atoms with van der Waals surface area (Å²) in [4.78, 5) is 24.1. The van der Waals surface area contributed by atoms with Crippen LogP contribution in [-0.2, 0) is 9.59 Å². The van der Waals surface area contributed by atoms with E-state index in [-0.39, 0.29) is 22.9 Å². The lowest BCUT2D eigenvalue weighted by Crippen LogP contribution is -2.59. The van der Waals surface area contributed by atoms with E-state index in [0.29, 0.717) is 19.5 Å². The van der Waals surface area contributed by atoms with Crippen molar-refractivity contribution in [2.45, 2.75) is 12.8 Å². The summed E-state index contributed by atoms with van der Waals surface area (Å²) in [6.45, 7) is 0.543. The highest BCUT2D eigenvalue weighted by atomic mass is 31.2. The number of nitrogens with two attached hydrogens (primary N) is 2. The predicted octanol–water partition coefficient (Wildman–Crippen LogP) is 1.70. The van der Waals surface area contributed by atoms with Crippen molar-refractivity contribution in [1.29, 1.82) is 5.41 Å². The fourth-order valence-corrected chi connectivity index (χ4v) is 8.86. The Kier molecular flexibility index (Phi) is 9.34. The Morgan fingerprint density at radius 2 is 1.28 bits per heavy atom. The fourth-order valence-electron chi connectivity index (χ4n) is 4.52. The smallest absolute Gasteiger partial charge is 0.292 e. The second-order valence-electron chi connectivity index (χ2n) is 9.12. The van der Waals surface area contributed by atoms with Crippen LogP contribution in [-0.4, -0.2) is 55.1 Å². The molecule has 0 saturated carbocycles. The van der Waals surface area contributed by atoms with E-state index >= 15 is 0 Å².